The summed E-state index contributed by atoms with van der Waals surface area (Å²) in [6, 6.07) is 67.1. The van der Waals surface area contributed by atoms with Crippen LogP contribution in [0, 0.1) is 45.3 Å². The van der Waals surface area contributed by atoms with Crippen LogP contribution in [0.3, 0.4) is 0 Å². The van der Waals surface area contributed by atoms with Gasteiger partial charge >= 0.3 is 0 Å². The standard InChI is InChI=1S/C80H58N4O8/c1-9-49-25-33-53(34-26-49)85-65-17-13-21-69(59(65)45-81)89-73-41-57-63(43-75(73)91-71-23-15-19-67(61(71)47-83)87-55-37-29-51(11-3)30-38-55)79(5,6)78-58-42-74(90-70-22-14-18-66(60(70)46-82)86-54-35-27-50(10-2)28-36-54)76(44-64(58)80(7,8)77(57)78)92-72-24-16-20-68(62(72)48-84)88-56-39-31-52(12-4)32-40-56/h9-44,77-78H,1-4H2,5-8H3. The maximum Gasteiger partial charge on any atom is 0.170 e. The van der Waals surface area contributed by atoms with Crippen molar-refractivity contribution in [2.75, 3.05) is 0 Å². The lowest BCUT2D eigenvalue weighted by Crippen LogP contribution is -2.25. The minimum atomic E-state index is -0.664. The molecule has 0 N–H and O–H groups in total. The van der Waals surface area contributed by atoms with Gasteiger partial charge in [-0.1, -0.05) is 151 Å². The van der Waals surface area contributed by atoms with Crippen LogP contribution in [0.1, 0.15) is 106 Å². The first-order valence-corrected chi connectivity index (χ1v) is 29.5. The van der Waals surface area contributed by atoms with E-state index in [0.717, 1.165) is 44.5 Å². The average molecular weight is 1200 g/mol. The van der Waals surface area contributed by atoms with E-state index in [1.807, 2.05) is 72.8 Å². The predicted octanol–water partition coefficient (Wildman–Crippen LogP) is 21.5. The summed E-state index contributed by atoms with van der Waals surface area (Å²) in [7, 11) is 0. The minimum absolute atomic E-state index is 0.131. The molecule has 0 heterocycles. The van der Waals surface area contributed by atoms with E-state index >= 15 is 0 Å². The van der Waals surface area contributed by atoms with E-state index in [4.69, 9.17) is 37.9 Å². The van der Waals surface area contributed by atoms with Gasteiger partial charge in [0.25, 0.3) is 0 Å². The molecule has 0 amide bonds. The molecule has 2 unspecified atom stereocenters. The second-order valence-electron chi connectivity index (χ2n) is 23.0. The fourth-order valence-electron chi connectivity index (χ4n) is 12.2. The topological polar surface area (TPSA) is 169 Å². The molecule has 2 atom stereocenters. The van der Waals surface area contributed by atoms with Crippen LogP contribution >= 0.6 is 0 Å². The Balaban J connectivity index is 0.990. The van der Waals surface area contributed by atoms with Gasteiger partial charge in [0.05, 0.1) is 0 Å². The zero-order valence-electron chi connectivity index (χ0n) is 50.8. The molecule has 0 saturated heterocycles. The van der Waals surface area contributed by atoms with E-state index in [1.165, 1.54) is 0 Å². The number of fused-ring (bicyclic) bond motifs is 5. The normalized spacial score (nSPS) is 14.2. The molecule has 10 aromatic carbocycles. The first-order chi connectivity index (χ1) is 44.7. The molecule has 2 aliphatic carbocycles. The molecule has 0 aliphatic heterocycles. The molecular weight excluding hydrogens is 1140 g/mol. The van der Waals surface area contributed by atoms with Gasteiger partial charge in [-0.05, 0) is 177 Å². The van der Waals surface area contributed by atoms with E-state index in [2.05, 4.69) is 78.3 Å². The summed E-state index contributed by atoms with van der Waals surface area (Å²) < 4.78 is 53.1. The Morgan fingerprint density at radius 2 is 0.500 bits per heavy atom. The van der Waals surface area contributed by atoms with Crippen LogP contribution < -0.4 is 37.9 Å². The van der Waals surface area contributed by atoms with E-state index in [9.17, 15) is 21.0 Å². The third-order valence-corrected chi connectivity index (χ3v) is 16.8. The lowest BCUT2D eigenvalue weighted by atomic mass is 9.72. The Morgan fingerprint density at radius 3 is 0.707 bits per heavy atom. The van der Waals surface area contributed by atoms with Gasteiger partial charge in [0.1, 0.15) is 116 Å². The van der Waals surface area contributed by atoms with Gasteiger partial charge in [0, 0.05) is 11.8 Å². The maximum absolute atomic E-state index is 10.9. The summed E-state index contributed by atoms with van der Waals surface area (Å²) in [5.41, 5.74) is 6.60. The zero-order chi connectivity index (χ0) is 64.3. The lowest BCUT2D eigenvalue weighted by molar-refractivity contribution is 0.348. The molecule has 12 nitrogen and oxygen atoms in total. The molecule has 12 rings (SSSR count). The van der Waals surface area contributed by atoms with Crippen molar-refractivity contribution >= 4 is 24.3 Å². The first-order valence-electron chi connectivity index (χ1n) is 29.5. The van der Waals surface area contributed by atoms with Crippen molar-refractivity contribution in [2.24, 2.45) is 0 Å². The van der Waals surface area contributed by atoms with Crippen molar-refractivity contribution in [3.8, 4) is 116 Å². The molecule has 0 bridgehead atoms. The molecule has 0 fully saturated rings. The zero-order valence-corrected chi connectivity index (χ0v) is 50.8. The number of hydrogen-bond acceptors (Lipinski definition) is 12. The van der Waals surface area contributed by atoms with Gasteiger partial charge in [-0.2, -0.15) is 21.0 Å². The van der Waals surface area contributed by atoms with Gasteiger partial charge in [0.2, 0.25) is 0 Å². The predicted molar refractivity (Wildman–Crippen MR) is 356 cm³/mol. The van der Waals surface area contributed by atoms with E-state index in [1.54, 1.807) is 146 Å². The summed E-state index contributed by atoms with van der Waals surface area (Å²) in [5, 5.41) is 43.5. The highest BCUT2D eigenvalue weighted by Crippen LogP contribution is 2.69. The highest BCUT2D eigenvalue weighted by molar-refractivity contribution is 5.70. The molecule has 0 spiro atoms. The monoisotopic (exact) mass is 1200 g/mol. The summed E-state index contributed by atoms with van der Waals surface area (Å²) in [5.74, 6) is 4.41. The third kappa shape index (κ3) is 11.4. The molecule has 12 heteroatoms. The van der Waals surface area contributed by atoms with Crippen LogP contribution in [0.15, 0.2) is 220 Å². The van der Waals surface area contributed by atoms with Crippen LogP contribution in [-0.2, 0) is 10.8 Å². The van der Waals surface area contributed by atoms with Crippen LogP contribution in [0.4, 0.5) is 0 Å². The smallest absolute Gasteiger partial charge is 0.170 e. The van der Waals surface area contributed by atoms with Gasteiger partial charge < -0.3 is 37.9 Å². The fraction of sp³-hybridized carbons (Fsp3) is 0.100. The molecule has 0 aromatic heterocycles. The molecule has 0 radical (unpaired) electrons. The van der Waals surface area contributed by atoms with Gasteiger partial charge in [-0.15, -0.1) is 0 Å². The Bertz CT molecular complexity index is 4470. The summed E-state index contributed by atoms with van der Waals surface area (Å²) in [6.07, 6.45) is 6.94. The Morgan fingerprint density at radius 1 is 0.293 bits per heavy atom. The minimum Gasteiger partial charge on any atom is -0.456 e. The summed E-state index contributed by atoms with van der Waals surface area (Å²) in [4.78, 5) is 0. The number of ether oxygens (including phenoxy) is 8. The molecule has 446 valence electrons. The van der Waals surface area contributed by atoms with E-state index in [0.29, 0.717) is 23.0 Å². The fourth-order valence-corrected chi connectivity index (χ4v) is 12.2. The van der Waals surface area contributed by atoms with Gasteiger partial charge in [0.15, 0.2) is 23.0 Å². The van der Waals surface area contributed by atoms with Crippen molar-refractivity contribution in [3.63, 3.8) is 0 Å². The molecular formula is C80H58N4O8. The van der Waals surface area contributed by atoms with Crippen molar-refractivity contribution in [2.45, 2.75) is 50.4 Å². The second-order valence-corrected chi connectivity index (χ2v) is 23.0. The molecule has 0 saturated carbocycles. The summed E-state index contributed by atoms with van der Waals surface area (Å²) in [6.45, 7) is 24.2. The van der Waals surface area contributed by atoms with Crippen LogP contribution in [0.2, 0.25) is 0 Å². The van der Waals surface area contributed by atoms with Gasteiger partial charge in [-0.3, -0.25) is 0 Å². The van der Waals surface area contributed by atoms with Gasteiger partial charge in [-0.25, -0.2) is 0 Å². The number of hydrogen-bond donors (Lipinski definition) is 0. The Labute approximate surface area is 534 Å². The number of nitrogens with zero attached hydrogens (tertiary/aromatic N) is 4. The SMILES string of the molecule is C=Cc1ccc(Oc2cccc(Oc3cc4c(cc3Oc3cccc(Oc5ccc(C=C)cc5)c3C#N)C(C)(C)C3c5cc(Oc6cccc(Oc7ccc(C=C)cc7)c6C#N)c(Oc6cccc(Oc7ccc(C=C)cc7)c6C#N)cc5C(C)(C)C43)c2C#N)cc1. The van der Waals surface area contributed by atoms with Crippen molar-refractivity contribution in [1.29, 1.82) is 21.0 Å². The van der Waals surface area contributed by atoms with E-state index < -0.39 is 10.8 Å². The average Bonchev–Trinajstić information content (AvgIpc) is 1.52. The quantitative estimate of drug-likeness (QED) is 0.0709. The number of nitriles is 4. The number of rotatable bonds is 20. The molecule has 2 aliphatic rings. The van der Waals surface area contributed by atoms with E-state index in [-0.39, 0.29) is 103 Å². The second kappa shape index (κ2) is 25.0. The highest BCUT2D eigenvalue weighted by Gasteiger charge is 2.59. The van der Waals surface area contributed by atoms with Crippen molar-refractivity contribution < 1.29 is 37.9 Å². The number of benzene rings is 10. The lowest BCUT2D eigenvalue weighted by Gasteiger charge is -2.31. The Hall–Kier alpha value is -12.5. The van der Waals surface area contributed by atoms with Crippen LogP contribution in [-0.4, -0.2) is 0 Å². The van der Waals surface area contributed by atoms with Crippen LogP contribution in [0.5, 0.6) is 92.0 Å². The first kappa shape index (κ1) is 59.8. The largest absolute Gasteiger partial charge is 0.456 e. The molecule has 92 heavy (non-hydrogen) atoms. The van der Waals surface area contributed by atoms with Crippen molar-refractivity contribution in [1.82, 2.24) is 0 Å². The van der Waals surface area contributed by atoms with Crippen molar-refractivity contribution in [3.05, 3.63) is 287 Å². The molecule has 10 aromatic rings. The van der Waals surface area contributed by atoms with Crippen LogP contribution in [0.25, 0.3) is 24.3 Å². The maximum atomic E-state index is 10.9. The third-order valence-electron chi connectivity index (χ3n) is 16.8. The Kier molecular flexibility index (Phi) is 16.2. The highest BCUT2D eigenvalue weighted by atomic mass is 16.5. The summed E-state index contributed by atoms with van der Waals surface area (Å²) >= 11 is 0.